The van der Waals surface area contributed by atoms with E-state index in [0.29, 0.717) is 5.88 Å². The average Bonchev–Trinajstić information content (AvgIpc) is 2.88. The Hall–Kier alpha value is -2.30. The molecule has 0 atom stereocenters. The quantitative estimate of drug-likeness (QED) is 0.645. The lowest BCUT2D eigenvalue weighted by Crippen LogP contribution is -2.12. The number of ether oxygens (including phenoxy) is 1. The summed E-state index contributed by atoms with van der Waals surface area (Å²) in [4.78, 5) is 12.4. The SMILES string of the molecule is Cc1cc(OC(=O)c2c(Cl)cccc2Cl)n(-c2ccccc2)n1. The molecule has 0 spiro atoms. The highest BCUT2D eigenvalue weighted by molar-refractivity contribution is 6.39. The van der Waals surface area contributed by atoms with Gasteiger partial charge in [0, 0.05) is 6.07 Å². The largest absolute Gasteiger partial charge is 0.404 e. The van der Waals surface area contributed by atoms with E-state index in [1.165, 1.54) is 0 Å². The summed E-state index contributed by atoms with van der Waals surface area (Å²) < 4.78 is 7.01. The zero-order valence-corrected chi connectivity index (χ0v) is 13.7. The Morgan fingerprint density at radius 2 is 1.70 bits per heavy atom. The molecule has 0 saturated heterocycles. The van der Waals surface area contributed by atoms with E-state index >= 15 is 0 Å². The second-order valence-electron chi connectivity index (χ2n) is 4.86. The number of hydrogen-bond acceptors (Lipinski definition) is 3. The summed E-state index contributed by atoms with van der Waals surface area (Å²) in [6, 6.07) is 15.9. The number of carbonyl (C=O) groups excluding carboxylic acids is 1. The maximum absolute atomic E-state index is 12.4. The second kappa shape index (κ2) is 6.44. The highest BCUT2D eigenvalue weighted by atomic mass is 35.5. The Balaban J connectivity index is 1.97. The number of halogens is 2. The summed E-state index contributed by atoms with van der Waals surface area (Å²) in [5.41, 5.74) is 1.64. The molecule has 4 nitrogen and oxygen atoms in total. The van der Waals surface area contributed by atoms with Crippen molar-refractivity contribution in [2.45, 2.75) is 6.92 Å². The standard InChI is InChI=1S/C17H12Cl2N2O2/c1-11-10-15(21(20-11)12-6-3-2-4-7-12)23-17(22)16-13(18)8-5-9-14(16)19/h2-10H,1H3. The maximum Gasteiger partial charge on any atom is 0.347 e. The molecule has 0 N–H and O–H groups in total. The van der Waals surface area contributed by atoms with Crippen LogP contribution in [0.3, 0.4) is 0 Å². The first kappa shape index (κ1) is 15.6. The molecule has 0 aliphatic rings. The van der Waals surface area contributed by atoms with Gasteiger partial charge in [-0.15, -0.1) is 0 Å². The third-order valence-corrected chi connectivity index (χ3v) is 3.79. The molecule has 2 aromatic carbocycles. The fourth-order valence-corrected chi connectivity index (χ4v) is 2.69. The third kappa shape index (κ3) is 3.23. The van der Waals surface area contributed by atoms with Gasteiger partial charge in [-0.25, -0.2) is 9.48 Å². The fourth-order valence-electron chi connectivity index (χ4n) is 2.14. The smallest absolute Gasteiger partial charge is 0.347 e. The number of nitrogens with zero attached hydrogens (tertiary/aromatic N) is 2. The Morgan fingerprint density at radius 1 is 1.04 bits per heavy atom. The van der Waals surface area contributed by atoms with Gasteiger partial charge in [0.1, 0.15) is 0 Å². The topological polar surface area (TPSA) is 44.1 Å². The van der Waals surface area contributed by atoms with E-state index in [1.807, 2.05) is 37.3 Å². The number of benzene rings is 2. The van der Waals surface area contributed by atoms with Gasteiger partial charge >= 0.3 is 5.97 Å². The summed E-state index contributed by atoms with van der Waals surface area (Å²) in [6.45, 7) is 1.82. The van der Waals surface area contributed by atoms with E-state index in [4.69, 9.17) is 27.9 Å². The lowest BCUT2D eigenvalue weighted by molar-refractivity contribution is 0.0723. The zero-order valence-electron chi connectivity index (χ0n) is 12.2. The van der Waals surface area contributed by atoms with Gasteiger partial charge in [0.15, 0.2) is 0 Å². The summed E-state index contributed by atoms with van der Waals surface area (Å²) >= 11 is 12.1. The van der Waals surface area contributed by atoms with Crippen LogP contribution in [0.4, 0.5) is 0 Å². The van der Waals surface area contributed by atoms with Crippen LogP contribution in [-0.2, 0) is 0 Å². The van der Waals surface area contributed by atoms with Gasteiger partial charge in [-0.05, 0) is 31.2 Å². The molecule has 1 heterocycles. The minimum atomic E-state index is -0.627. The first-order valence-electron chi connectivity index (χ1n) is 6.84. The van der Waals surface area contributed by atoms with Crippen LogP contribution in [0.1, 0.15) is 16.1 Å². The minimum absolute atomic E-state index is 0.134. The lowest BCUT2D eigenvalue weighted by Gasteiger charge is -2.09. The molecular weight excluding hydrogens is 335 g/mol. The number of hydrogen-bond donors (Lipinski definition) is 0. The van der Waals surface area contributed by atoms with Gasteiger partial charge in [0.2, 0.25) is 5.88 Å². The first-order valence-corrected chi connectivity index (χ1v) is 7.60. The van der Waals surface area contributed by atoms with Crippen molar-refractivity contribution in [3.63, 3.8) is 0 Å². The van der Waals surface area contributed by atoms with Gasteiger partial charge in [-0.1, -0.05) is 47.5 Å². The van der Waals surface area contributed by atoms with E-state index in [0.717, 1.165) is 11.4 Å². The predicted octanol–water partition coefficient (Wildman–Crippen LogP) is 4.71. The number of esters is 1. The Labute approximate surface area is 143 Å². The molecule has 3 aromatic rings. The van der Waals surface area contributed by atoms with Crippen LogP contribution in [0.15, 0.2) is 54.6 Å². The summed E-state index contributed by atoms with van der Waals surface area (Å²) in [7, 11) is 0. The van der Waals surface area contributed by atoms with Crippen LogP contribution in [0.5, 0.6) is 5.88 Å². The van der Waals surface area contributed by atoms with E-state index < -0.39 is 5.97 Å². The van der Waals surface area contributed by atoms with Crippen LogP contribution >= 0.6 is 23.2 Å². The minimum Gasteiger partial charge on any atom is -0.404 e. The van der Waals surface area contributed by atoms with Gasteiger partial charge in [-0.2, -0.15) is 5.10 Å². The van der Waals surface area contributed by atoms with Crippen molar-refractivity contribution in [1.82, 2.24) is 9.78 Å². The van der Waals surface area contributed by atoms with Crippen molar-refractivity contribution in [1.29, 1.82) is 0 Å². The third-order valence-electron chi connectivity index (χ3n) is 3.16. The summed E-state index contributed by atoms with van der Waals surface area (Å²) in [5.74, 6) is -0.327. The van der Waals surface area contributed by atoms with Crippen molar-refractivity contribution >= 4 is 29.2 Å². The average molecular weight is 347 g/mol. The van der Waals surface area contributed by atoms with Crippen LogP contribution in [0.2, 0.25) is 10.0 Å². The molecule has 0 unspecified atom stereocenters. The van der Waals surface area contributed by atoms with E-state index in [-0.39, 0.29) is 15.6 Å². The molecule has 0 aliphatic carbocycles. The van der Waals surface area contributed by atoms with Crippen molar-refractivity contribution < 1.29 is 9.53 Å². The highest BCUT2D eigenvalue weighted by Gasteiger charge is 2.19. The molecule has 1 aromatic heterocycles. The highest BCUT2D eigenvalue weighted by Crippen LogP contribution is 2.27. The number of rotatable bonds is 3. The zero-order chi connectivity index (χ0) is 16.4. The van der Waals surface area contributed by atoms with Gasteiger partial charge in [-0.3, -0.25) is 0 Å². The summed E-state index contributed by atoms with van der Waals surface area (Å²) in [5, 5.41) is 4.83. The van der Waals surface area contributed by atoms with Crippen LogP contribution in [-0.4, -0.2) is 15.7 Å². The lowest BCUT2D eigenvalue weighted by atomic mass is 10.2. The van der Waals surface area contributed by atoms with Gasteiger partial charge in [0.25, 0.3) is 0 Å². The monoisotopic (exact) mass is 346 g/mol. The molecule has 0 radical (unpaired) electrons. The number of carbonyl (C=O) groups is 1. The number of aromatic nitrogens is 2. The van der Waals surface area contributed by atoms with Gasteiger partial charge in [0.05, 0.1) is 27.0 Å². The van der Waals surface area contributed by atoms with Crippen LogP contribution in [0.25, 0.3) is 5.69 Å². The molecular formula is C17H12Cl2N2O2. The normalized spacial score (nSPS) is 10.6. The van der Waals surface area contributed by atoms with E-state index in [9.17, 15) is 4.79 Å². The molecule has 23 heavy (non-hydrogen) atoms. The fraction of sp³-hybridized carbons (Fsp3) is 0.0588. The van der Waals surface area contributed by atoms with Crippen LogP contribution in [0, 0.1) is 6.92 Å². The molecule has 116 valence electrons. The Bertz CT molecular complexity index is 840. The van der Waals surface area contributed by atoms with Crippen LogP contribution < -0.4 is 4.74 Å². The molecule has 0 saturated carbocycles. The molecule has 0 fully saturated rings. The van der Waals surface area contributed by atoms with E-state index in [1.54, 1.807) is 28.9 Å². The maximum atomic E-state index is 12.4. The number of aryl methyl sites for hydroxylation is 1. The molecule has 0 bridgehead atoms. The summed E-state index contributed by atoms with van der Waals surface area (Å²) in [6.07, 6.45) is 0. The predicted molar refractivity (Wildman–Crippen MR) is 89.7 cm³/mol. The Morgan fingerprint density at radius 3 is 2.35 bits per heavy atom. The van der Waals surface area contributed by atoms with Crippen molar-refractivity contribution in [2.24, 2.45) is 0 Å². The molecule has 3 rings (SSSR count). The van der Waals surface area contributed by atoms with Gasteiger partial charge < -0.3 is 4.74 Å². The van der Waals surface area contributed by atoms with E-state index in [2.05, 4.69) is 5.10 Å². The van der Waals surface area contributed by atoms with Crippen molar-refractivity contribution in [3.05, 3.63) is 75.9 Å². The second-order valence-corrected chi connectivity index (χ2v) is 5.67. The molecule has 0 amide bonds. The van der Waals surface area contributed by atoms with Crippen molar-refractivity contribution in [3.8, 4) is 11.6 Å². The Kier molecular flexibility index (Phi) is 4.37. The first-order chi connectivity index (χ1) is 11.1. The molecule has 0 aliphatic heterocycles. The van der Waals surface area contributed by atoms with Crippen molar-refractivity contribution in [2.75, 3.05) is 0 Å². The molecule has 6 heteroatoms. The number of para-hydroxylation sites is 1.